The third kappa shape index (κ3) is 7.00. The summed E-state index contributed by atoms with van der Waals surface area (Å²) in [6.45, 7) is 10.4. The van der Waals surface area contributed by atoms with E-state index in [0.29, 0.717) is 19.3 Å². The molecule has 15 atom stereocenters. The van der Waals surface area contributed by atoms with Gasteiger partial charge in [0, 0.05) is 0 Å². The van der Waals surface area contributed by atoms with Crippen LogP contribution in [0.15, 0.2) is 12.2 Å². The molecule has 1 aliphatic heterocycles. The highest BCUT2D eigenvalue weighted by atomic mass is 17.2. The van der Waals surface area contributed by atoms with Gasteiger partial charge in [0.15, 0.2) is 0 Å². The standard InChI is InChI=1S/C32H54O13/c1-16-13-30(3)11-8-20-18(19(30)9-12-32(16,5)45-44-22(15-34)25(38)23(36)17(2)35)7-6-10-31(20,4)29(41)43-28-27(40)26(39)24(37)21(14-33)42-28/h17-28,33-40H,1,6-15H2,2-5H3/t17-,18?,19-,20-,21?,22+,23?,24?,25?,26?,27?,28?,30+,31+,32+/m0/s1. The predicted octanol–water partition coefficient (Wildman–Crippen LogP) is 0.0789. The van der Waals surface area contributed by atoms with Crippen LogP contribution in [0.25, 0.3) is 0 Å². The zero-order chi connectivity index (χ0) is 33.5. The first-order chi connectivity index (χ1) is 21.0. The van der Waals surface area contributed by atoms with Gasteiger partial charge in [0.05, 0.1) is 24.7 Å². The van der Waals surface area contributed by atoms with E-state index in [1.807, 2.05) is 13.8 Å². The van der Waals surface area contributed by atoms with E-state index in [9.17, 15) is 45.6 Å². The van der Waals surface area contributed by atoms with E-state index in [2.05, 4.69) is 13.5 Å². The van der Waals surface area contributed by atoms with Crippen LogP contribution in [-0.4, -0.2) is 121 Å². The molecule has 0 radical (unpaired) electrons. The molecule has 13 heteroatoms. The summed E-state index contributed by atoms with van der Waals surface area (Å²) in [6, 6.07) is 0. The van der Waals surface area contributed by atoms with E-state index in [-0.39, 0.29) is 23.2 Å². The lowest BCUT2D eigenvalue weighted by molar-refractivity contribution is -0.390. The van der Waals surface area contributed by atoms with Crippen LogP contribution >= 0.6 is 0 Å². The summed E-state index contributed by atoms with van der Waals surface area (Å²) in [5, 5.41) is 80.2. The largest absolute Gasteiger partial charge is 0.432 e. The number of carbonyl (C=O) groups excluding carboxylic acids is 1. The highest BCUT2D eigenvalue weighted by Gasteiger charge is 2.58. The fourth-order valence-electron chi connectivity index (χ4n) is 8.46. The molecule has 8 N–H and O–H groups in total. The lowest BCUT2D eigenvalue weighted by Gasteiger charge is -2.56. The number of carbonyl (C=O) groups is 1. The molecule has 4 fully saturated rings. The van der Waals surface area contributed by atoms with Gasteiger partial charge in [-0.15, -0.1) is 0 Å². The molecule has 1 heterocycles. The van der Waals surface area contributed by atoms with Gasteiger partial charge in [-0.1, -0.05) is 19.9 Å². The van der Waals surface area contributed by atoms with Crippen LogP contribution in [-0.2, 0) is 24.0 Å². The van der Waals surface area contributed by atoms with Crippen molar-refractivity contribution in [2.24, 2.45) is 28.6 Å². The van der Waals surface area contributed by atoms with Crippen LogP contribution in [0.1, 0.15) is 79.1 Å². The Hall–Kier alpha value is -1.23. The van der Waals surface area contributed by atoms with Crippen molar-refractivity contribution in [1.82, 2.24) is 0 Å². The third-order valence-electron chi connectivity index (χ3n) is 11.6. The molecule has 0 aromatic heterocycles. The fourth-order valence-corrected chi connectivity index (χ4v) is 8.46. The van der Waals surface area contributed by atoms with Crippen LogP contribution in [0.2, 0.25) is 0 Å². The van der Waals surface area contributed by atoms with Gasteiger partial charge in [-0.25, -0.2) is 9.78 Å². The molecular formula is C32H54O13. The highest BCUT2D eigenvalue weighted by Crippen LogP contribution is 2.62. The van der Waals surface area contributed by atoms with Crippen LogP contribution in [0, 0.1) is 28.6 Å². The molecule has 0 aromatic carbocycles. The maximum absolute atomic E-state index is 13.8. The number of rotatable bonds is 10. The van der Waals surface area contributed by atoms with Gasteiger partial charge < -0.3 is 50.3 Å². The smallest absolute Gasteiger partial charge is 0.314 e. The summed E-state index contributed by atoms with van der Waals surface area (Å²) >= 11 is 0. The molecule has 3 saturated carbocycles. The number of ether oxygens (including phenoxy) is 2. The Kier molecular flexibility index (Phi) is 11.5. The van der Waals surface area contributed by atoms with Crippen molar-refractivity contribution in [1.29, 1.82) is 0 Å². The normalized spacial score (nSPS) is 44.9. The summed E-state index contributed by atoms with van der Waals surface area (Å²) in [4.78, 5) is 25.2. The first kappa shape index (κ1) is 36.6. The maximum atomic E-state index is 13.8. The average Bonchev–Trinajstić information content (AvgIpc) is 3.10. The van der Waals surface area contributed by atoms with Gasteiger partial charge in [-0.3, -0.25) is 4.79 Å². The van der Waals surface area contributed by atoms with Crippen molar-refractivity contribution in [3.8, 4) is 0 Å². The van der Waals surface area contributed by atoms with Gasteiger partial charge in [0.2, 0.25) is 6.29 Å². The van der Waals surface area contributed by atoms with E-state index in [1.165, 1.54) is 6.92 Å². The zero-order valence-electron chi connectivity index (χ0n) is 26.8. The second kappa shape index (κ2) is 14.1. The number of hydrogen-bond donors (Lipinski definition) is 8. The molecule has 0 bridgehead atoms. The Morgan fingerprint density at radius 3 is 2.24 bits per heavy atom. The Balaban J connectivity index is 1.48. The molecule has 0 amide bonds. The molecule has 0 spiro atoms. The van der Waals surface area contributed by atoms with Crippen molar-refractivity contribution in [3.63, 3.8) is 0 Å². The zero-order valence-corrected chi connectivity index (χ0v) is 26.8. The van der Waals surface area contributed by atoms with E-state index in [0.717, 1.165) is 37.7 Å². The minimum absolute atomic E-state index is 0.0209. The van der Waals surface area contributed by atoms with Crippen LogP contribution in [0.3, 0.4) is 0 Å². The molecule has 8 unspecified atom stereocenters. The number of fused-ring (bicyclic) bond motifs is 3. The van der Waals surface area contributed by atoms with E-state index in [1.54, 1.807) is 0 Å². The molecule has 13 nitrogen and oxygen atoms in total. The van der Waals surface area contributed by atoms with E-state index >= 15 is 0 Å². The summed E-state index contributed by atoms with van der Waals surface area (Å²) in [5.41, 5.74) is -1.19. The van der Waals surface area contributed by atoms with E-state index < -0.39 is 85.3 Å². The maximum Gasteiger partial charge on any atom is 0.314 e. The topological polar surface area (TPSA) is 216 Å². The van der Waals surface area contributed by atoms with Crippen LogP contribution in [0.4, 0.5) is 0 Å². The Morgan fingerprint density at radius 1 is 0.956 bits per heavy atom. The van der Waals surface area contributed by atoms with Crippen molar-refractivity contribution < 1.29 is 64.9 Å². The lowest BCUT2D eigenvalue weighted by Crippen LogP contribution is -2.60. The van der Waals surface area contributed by atoms with Crippen LogP contribution in [0.5, 0.6) is 0 Å². The van der Waals surface area contributed by atoms with Gasteiger partial charge in [0.1, 0.15) is 48.3 Å². The molecule has 4 aliphatic rings. The fraction of sp³-hybridized carbons (Fsp3) is 0.906. The highest BCUT2D eigenvalue weighted by molar-refractivity contribution is 5.77. The lowest BCUT2D eigenvalue weighted by atomic mass is 9.48. The molecule has 45 heavy (non-hydrogen) atoms. The Morgan fingerprint density at radius 2 is 1.62 bits per heavy atom. The summed E-state index contributed by atoms with van der Waals surface area (Å²) < 4.78 is 11.1. The molecule has 1 saturated heterocycles. The van der Waals surface area contributed by atoms with Crippen molar-refractivity contribution >= 4 is 5.97 Å². The molecule has 3 aliphatic carbocycles. The molecule has 260 valence electrons. The number of aliphatic hydroxyl groups excluding tert-OH is 8. The summed E-state index contributed by atoms with van der Waals surface area (Å²) in [5.74, 6) is -0.186. The third-order valence-corrected chi connectivity index (χ3v) is 11.6. The number of aliphatic hydroxyl groups is 8. The number of hydrogen-bond acceptors (Lipinski definition) is 13. The van der Waals surface area contributed by atoms with Gasteiger partial charge in [0.25, 0.3) is 0 Å². The minimum atomic E-state index is -1.67. The second-order valence-corrected chi connectivity index (χ2v) is 14.7. The van der Waals surface area contributed by atoms with Gasteiger partial charge in [-0.2, -0.15) is 0 Å². The first-order valence-electron chi connectivity index (χ1n) is 16.2. The SMILES string of the molecule is C=C1C[C@@]2(C)CC[C@H]3C(CCC[C@@]3(C)C(=O)OC3OC(CO)C(O)C(O)C3O)[C@@H]2CC[C@@]1(C)OO[C@H](CO)C(O)C(O)[C@H](C)O. The predicted molar refractivity (Wildman–Crippen MR) is 158 cm³/mol. The Bertz CT molecular complexity index is 1040. The molecular weight excluding hydrogens is 592 g/mol. The van der Waals surface area contributed by atoms with Crippen molar-refractivity contribution in [2.75, 3.05) is 13.2 Å². The van der Waals surface area contributed by atoms with E-state index in [4.69, 9.17) is 19.2 Å². The van der Waals surface area contributed by atoms with Crippen molar-refractivity contribution in [3.05, 3.63) is 12.2 Å². The summed E-state index contributed by atoms with van der Waals surface area (Å²) in [6.07, 6.45) is -7.47. The summed E-state index contributed by atoms with van der Waals surface area (Å²) in [7, 11) is 0. The van der Waals surface area contributed by atoms with Crippen molar-refractivity contribution in [2.45, 2.75) is 140 Å². The Labute approximate surface area is 264 Å². The number of esters is 1. The second-order valence-electron chi connectivity index (χ2n) is 14.7. The van der Waals surface area contributed by atoms with Gasteiger partial charge in [-0.05, 0) is 94.5 Å². The first-order valence-corrected chi connectivity index (χ1v) is 16.2. The molecule has 4 rings (SSSR count). The quantitative estimate of drug-likeness (QED) is 0.0684. The molecule has 0 aromatic rings. The minimum Gasteiger partial charge on any atom is -0.432 e. The van der Waals surface area contributed by atoms with Crippen LogP contribution < -0.4 is 0 Å². The monoisotopic (exact) mass is 646 g/mol. The van der Waals surface area contributed by atoms with Gasteiger partial charge >= 0.3 is 5.97 Å². The average molecular weight is 647 g/mol.